The van der Waals surface area contributed by atoms with Gasteiger partial charge in [-0.1, -0.05) is 18.6 Å². The minimum Gasteiger partial charge on any atom is -0.478 e. The second-order valence-corrected chi connectivity index (χ2v) is 9.55. The fourth-order valence-electron chi connectivity index (χ4n) is 5.14. The molecule has 1 aliphatic heterocycles. The number of benzene rings is 1. The summed E-state index contributed by atoms with van der Waals surface area (Å²) in [5, 5.41) is 10.5. The predicted octanol–water partition coefficient (Wildman–Crippen LogP) is 5.23. The minimum atomic E-state index is -0.887. The summed E-state index contributed by atoms with van der Waals surface area (Å²) in [7, 11) is 0. The molecule has 6 heteroatoms. The maximum absolute atomic E-state index is 13.4. The molecular weight excluding hydrogens is 392 g/mol. The van der Waals surface area contributed by atoms with E-state index in [4.69, 9.17) is 0 Å². The molecule has 3 unspecified atom stereocenters. The second-order valence-electron chi connectivity index (χ2n) is 8.47. The summed E-state index contributed by atoms with van der Waals surface area (Å²) in [6, 6.07) is 4.01. The van der Waals surface area contributed by atoms with Crippen LogP contribution in [0.4, 0.5) is 8.78 Å². The molecule has 0 spiro atoms. The van der Waals surface area contributed by atoms with Crippen LogP contribution in [0, 0.1) is 29.4 Å². The van der Waals surface area contributed by atoms with E-state index in [2.05, 4.69) is 4.90 Å². The maximum Gasteiger partial charge on any atom is 0.338 e. The van der Waals surface area contributed by atoms with E-state index in [1.54, 1.807) is 23.9 Å². The Bertz CT molecular complexity index is 838. The predicted molar refractivity (Wildman–Crippen MR) is 111 cm³/mol. The van der Waals surface area contributed by atoms with Crippen LogP contribution in [0.25, 0.3) is 0 Å². The van der Waals surface area contributed by atoms with Crippen LogP contribution in [0.15, 0.2) is 41.0 Å². The molecule has 0 saturated heterocycles. The standard InChI is InChI=1S/C23H27F2NO2S/c24-20-8-6-15(13-21(20)25)3-2-10-29-22-19(23(27)28)4-1-9-26(22)14-18-12-16-5-7-17(18)11-16/h1,4,6,8,13,16-18H,2-3,5,7,9-12,14H2,(H,27,28). The zero-order chi connectivity index (χ0) is 20.4. The van der Waals surface area contributed by atoms with E-state index in [-0.39, 0.29) is 0 Å². The molecule has 1 aromatic rings. The third kappa shape index (κ3) is 4.68. The van der Waals surface area contributed by atoms with Crippen LogP contribution >= 0.6 is 11.8 Å². The van der Waals surface area contributed by atoms with Gasteiger partial charge >= 0.3 is 5.97 Å². The number of carboxylic acids is 1. The van der Waals surface area contributed by atoms with Crippen molar-refractivity contribution in [2.75, 3.05) is 18.8 Å². The van der Waals surface area contributed by atoms with E-state index < -0.39 is 17.6 Å². The summed E-state index contributed by atoms with van der Waals surface area (Å²) < 4.78 is 26.4. The van der Waals surface area contributed by atoms with Crippen molar-refractivity contribution >= 4 is 17.7 Å². The van der Waals surface area contributed by atoms with Crippen molar-refractivity contribution in [2.24, 2.45) is 17.8 Å². The average molecular weight is 420 g/mol. The average Bonchev–Trinajstić information content (AvgIpc) is 3.31. The van der Waals surface area contributed by atoms with Gasteiger partial charge in [0.15, 0.2) is 11.6 Å². The lowest BCUT2D eigenvalue weighted by molar-refractivity contribution is -0.132. The van der Waals surface area contributed by atoms with Crippen molar-refractivity contribution in [2.45, 2.75) is 38.5 Å². The van der Waals surface area contributed by atoms with Crippen LogP contribution in [0.5, 0.6) is 0 Å². The first-order chi connectivity index (χ1) is 14.0. The first kappa shape index (κ1) is 20.5. The van der Waals surface area contributed by atoms with E-state index in [9.17, 15) is 18.7 Å². The van der Waals surface area contributed by atoms with Gasteiger partial charge in [0.1, 0.15) is 0 Å². The Kier molecular flexibility index (Phi) is 6.28. The Labute approximate surface area is 174 Å². The number of thioether (sulfide) groups is 1. The highest BCUT2D eigenvalue weighted by Crippen LogP contribution is 2.49. The van der Waals surface area contributed by atoms with Gasteiger partial charge in [-0.25, -0.2) is 13.6 Å². The molecule has 2 fully saturated rings. The molecule has 3 atom stereocenters. The lowest BCUT2D eigenvalue weighted by Gasteiger charge is -2.34. The Balaban J connectivity index is 1.37. The van der Waals surface area contributed by atoms with Gasteiger partial charge in [-0.05, 0) is 79.4 Å². The Morgan fingerprint density at radius 1 is 1.21 bits per heavy atom. The van der Waals surface area contributed by atoms with Gasteiger partial charge in [-0.3, -0.25) is 0 Å². The number of nitrogens with zero attached hydrogens (tertiary/aromatic N) is 1. The molecule has 0 radical (unpaired) electrons. The number of aryl methyl sites for hydroxylation is 1. The Morgan fingerprint density at radius 3 is 2.76 bits per heavy atom. The van der Waals surface area contributed by atoms with Gasteiger partial charge in [-0.2, -0.15) is 0 Å². The van der Waals surface area contributed by atoms with E-state index in [0.29, 0.717) is 17.9 Å². The quantitative estimate of drug-likeness (QED) is 0.586. The van der Waals surface area contributed by atoms with Crippen molar-refractivity contribution in [3.8, 4) is 0 Å². The SMILES string of the molecule is O=C(O)C1=C(SCCCc2ccc(F)c(F)c2)N(CC2CC3CCC2C3)CC=C1. The van der Waals surface area contributed by atoms with Crippen molar-refractivity contribution in [1.29, 1.82) is 0 Å². The van der Waals surface area contributed by atoms with Gasteiger partial charge in [0.2, 0.25) is 0 Å². The van der Waals surface area contributed by atoms with Crippen LogP contribution in [-0.4, -0.2) is 34.8 Å². The number of aliphatic carboxylic acids is 1. The summed E-state index contributed by atoms with van der Waals surface area (Å²) in [6.45, 7) is 1.70. The molecule has 3 aliphatic rings. The Hall–Kier alpha value is -1.82. The largest absolute Gasteiger partial charge is 0.478 e. The third-order valence-corrected chi connectivity index (χ3v) is 7.77. The molecule has 29 heavy (non-hydrogen) atoms. The van der Waals surface area contributed by atoms with Crippen molar-refractivity contribution in [1.82, 2.24) is 4.90 Å². The van der Waals surface area contributed by atoms with Crippen LogP contribution in [0.1, 0.15) is 37.7 Å². The zero-order valence-electron chi connectivity index (χ0n) is 16.4. The topological polar surface area (TPSA) is 40.5 Å². The number of fused-ring (bicyclic) bond motifs is 2. The molecule has 1 aromatic carbocycles. The van der Waals surface area contributed by atoms with Gasteiger partial charge in [0.05, 0.1) is 10.6 Å². The summed E-state index contributed by atoms with van der Waals surface area (Å²) >= 11 is 1.58. The molecule has 156 valence electrons. The van der Waals surface area contributed by atoms with E-state index >= 15 is 0 Å². The number of halogens is 2. The lowest BCUT2D eigenvalue weighted by atomic mass is 9.88. The monoisotopic (exact) mass is 419 g/mol. The molecule has 0 aromatic heterocycles. The maximum atomic E-state index is 13.4. The molecule has 0 amide bonds. The number of hydrogen-bond donors (Lipinski definition) is 1. The fraction of sp³-hybridized carbons (Fsp3) is 0.522. The first-order valence-electron chi connectivity index (χ1n) is 10.5. The molecule has 2 aliphatic carbocycles. The van der Waals surface area contributed by atoms with Crippen LogP contribution in [0.2, 0.25) is 0 Å². The van der Waals surface area contributed by atoms with Crippen molar-refractivity contribution < 1.29 is 18.7 Å². The van der Waals surface area contributed by atoms with Crippen molar-refractivity contribution in [3.05, 3.63) is 58.2 Å². The molecule has 2 bridgehead atoms. The number of carboxylic acid groups (broad SMARTS) is 1. The van der Waals surface area contributed by atoms with Crippen molar-refractivity contribution in [3.63, 3.8) is 0 Å². The fourth-order valence-corrected chi connectivity index (χ4v) is 6.26. The van der Waals surface area contributed by atoms with Crippen LogP contribution < -0.4 is 0 Å². The van der Waals surface area contributed by atoms with Gasteiger partial charge < -0.3 is 10.0 Å². The molecule has 3 nitrogen and oxygen atoms in total. The van der Waals surface area contributed by atoms with E-state index in [0.717, 1.165) is 53.8 Å². The summed E-state index contributed by atoms with van der Waals surface area (Å²) in [5.74, 6) is 0.561. The molecule has 4 rings (SSSR count). The van der Waals surface area contributed by atoms with E-state index in [1.807, 2.05) is 6.08 Å². The highest BCUT2D eigenvalue weighted by Gasteiger charge is 2.40. The zero-order valence-corrected chi connectivity index (χ0v) is 17.3. The van der Waals surface area contributed by atoms with Gasteiger partial charge in [0.25, 0.3) is 0 Å². The minimum absolute atomic E-state index is 0.372. The number of carbonyl (C=O) groups is 1. The smallest absolute Gasteiger partial charge is 0.338 e. The number of rotatable bonds is 8. The lowest BCUT2D eigenvalue weighted by Crippen LogP contribution is -2.33. The van der Waals surface area contributed by atoms with Crippen LogP contribution in [-0.2, 0) is 11.2 Å². The van der Waals surface area contributed by atoms with Gasteiger partial charge in [0, 0.05) is 13.1 Å². The molecule has 1 heterocycles. The highest BCUT2D eigenvalue weighted by atomic mass is 32.2. The summed E-state index contributed by atoms with van der Waals surface area (Å²) in [4.78, 5) is 14.0. The van der Waals surface area contributed by atoms with Gasteiger partial charge in [-0.15, -0.1) is 11.8 Å². The first-order valence-corrected chi connectivity index (χ1v) is 11.5. The molecule has 1 N–H and O–H groups in total. The highest BCUT2D eigenvalue weighted by molar-refractivity contribution is 8.03. The number of hydrogen-bond acceptors (Lipinski definition) is 3. The van der Waals surface area contributed by atoms with Crippen LogP contribution in [0.3, 0.4) is 0 Å². The summed E-state index contributed by atoms with van der Waals surface area (Å²) in [6.07, 6.45) is 10.4. The molecular formula is C23H27F2NO2S. The Morgan fingerprint density at radius 2 is 2.07 bits per heavy atom. The third-order valence-electron chi connectivity index (χ3n) is 6.53. The summed E-state index contributed by atoms with van der Waals surface area (Å²) in [5.41, 5.74) is 1.14. The normalized spacial score (nSPS) is 25.9. The van der Waals surface area contributed by atoms with E-state index in [1.165, 1.54) is 31.7 Å². The second kappa shape index (κ2) is 8.90. The molecule has 2 saturated carbocycles.